The fourth-order valence-electron chi connectivity index (χ4n) is 0. The summed E-state index contributed by atoms with van der Waals surface area (Å²) < 4.78 is 0. The molecule has 0 saturated heterocycles. The number of hydrogen-bond donors (Lipinski definition) is 2. The summed E-state index contributed by atoms with van der Waals surface area (Å²) in [5.74, 6) is 0. The van der Waals surface area contributed by atoms with E-state index in [1.165, 1.54) is 0 Å². The fraction of sp³-hybridized carbons (Fsp3) is 0. The van der Waals surface area contributed by atoms with Gasteiger partial charge in [0.25, 0.3) is 10.2 Å². The van der Waals surface area contributed by atoms with Crippen molar-refractivity contribution in [3.63, 3.8) is 0 Å². The Bertz CT molecular complexity index is 71.6. The van der Waals surface area contributed by atoms with E-state index in [0.29, 0.717) is 0 Å². The zero-order valence-electron chi connectivity index (χ0n) is 6.72. The van der Waals surface area contributed by atoms with Crippen molar-refractivity contribution in [2.75, 3.05) is 0 Å². The monoisotopic (exact) mass is 297 g/mol. The topological polar surface area (TPSA) is 316 Å². The van der Waals surface area contributed by atoms with Gasteiger partial charge in [-0.25, -0.2) is 0 Å². The second-order valence-corrected chi connectivity index (χ2v) is 0.476. The SMILES string of the molecule is O.O.O.O.O.O.O=[N+]([O-])O.O=[N+]([O-])O.[Cu]. The molecule has 14 nitrogen and oxygen atoms in total. The van der Waals surface area contributed by atoms with Crippen molar-refractivity contribution in [3.05, 3.63) is 20.2 Å². The third kappa shape index (κ3) is 829. The van der Waals surface area contributed by atoms with Crippen LogP contribution in [0, 0.1) is 20.2 Å². The molecule has 0 bridgehead atoms. The fourth-order valence-corrected chi connectivity index (χ4v) is 0. The molecule has 0 amide bonds. The van der Waals surface area contributed by atoms with Crippen LogP contribution in [-0.2, 0) is 17.1 Å². The normalized spacial score (nSPS) is 3.20. The maximum absolute atomic E-state index is 8.36. The predicted molar refractivity (Wildman–Crippen MR) is 39.2 cm³/mol. The van der Waals surface area contributed by atoms with E-state index in [0.717, 1.165) is 0 Å². The Morgan fingerprint density at radius 3 is 0.667 bits per heavy atom. The van der Waals surface area contributed by atoms with Crippen LogP contribution >= 0.6 is 0 Å². The van der Waals surface area contributed by atoms with Crippen LogP contribution in [0.2, 0.25) is 0 Å². The Morgan fingerprint density at radius 1 is 0.667 bits per heavy atom. The first-order chi connectivity index (χ1) is 3.46. The molecule has 1 radical (unpaired) electrons. The summed E-state index contributed by atoms with van der Waals surface area (Å²) in [6.07, 6.45) is 0. The van der Waals surface area contributed by atoms with Crippen LogP contribution in [0.5, 0.6) is 0 Å². The Labute approximate surface area is 91.7 Å². The molecule has 0 heterocycles. The Balaban J connectivity index is -0.00000000468. The first kappa shape index (κ1) is 100. The minimum atomic E-state index is -1.50. The summed E-state index contributed by atoms with van der Waals surface area (Å²) in [5.41, 5.74) is 0. The van der Waals surface area contributed by atoms with E-state index < -0.39 is 10.2 Å². The van der Waals surface area contributed by atoms with Crippen LogP contribution in [0.1, 0.15) is 0 Å². The van der Waals surface area contributed by atoms with Crippen LogP contribution in [0.3, 0.4) is 0 Å². The third-order valence-corrected chi connectivity index (χ3v) is 0. The molecule has 0 aromatic rings. The van der Waals surface area contributed by atoms with Gasteiger partial charge in [-0.2, -0.15) is 0 Å². The number of hydrogen-bond acceptors (Lipinski definition) is 4. The van der Waals surface area contributed by atoms with Crippen molar-refractivity contribution in [1.29, 1.82) is 0 Å². The molecule has 0 spiro atoms. The van der Waals surface area contributed by atoms with E-state index in [9.17, 15) is 0 Å². The molecule has 0 aliphatic rings. The molecule has 0 saturated carbocycles. The van der Waals surface area contributed by atoms with Crippen molar-refractivity contribution >= 4 is 0 Å². The van der Waals surface area contributed by atoms with Crippen LogP contribution in [0.4, 0.5) is 0 Å². The molecule has 0 rings (SSSR count). The minimum absolute atomic E-state index is 0. The molecule has 0 unspecified atom stereocenters. The Kier molecular flexibility index (Phi) is 529. The largest absolute Gasteiger partial charge is 0.412 e. The molecule has 0 aliphatic heterocycles. The Morgan fingerprint density at radius 2 is 0.667 bits per heavy atom. The number of rotatable bonds is 0. The van der Waals surface area contributed by atoms with Crippen LogP contribution in [0.25, 0.3) is 0 Å². The average molecular weight is 298 g/mol. The van der Waals surface area contributed by atoms with E-state index >= 15 is 0 Å². The van der Waals surface area contributed by atoms with Gasteiger partial charge in [0.15, 0.2) is 0 Å². The van der Waals surface area contributed by atoms with Crippen molar-refractivity contribution in [3.8, 4) is 0 Å². The van der Waals surface area contributed by atoms with Gasteiger partial charge in [-0.05, 0) is 0 Å². The molecule has 107 valence electrons. The summed E-state index contributed by atoms with van der Waals surface area (Å²) in [4.78, 5) is 16.7. The molecule has 0 aliphatic carbocycles. The quantitative estimate of drug-likeness (QED) is 0.249. The summed E-state index contributed by atoms with van der Waals surface area (Å²) in [7, 11) is 0. The molecule has 0 aromatic carbocycles. The van der Waals surface area contributed by atoms with Crippen molar-refractivity contribution in [2.24, 2.45) is 0 Å². The van der Waals surface area contributed by atoms with E-state index in [1.54, 1.807) is 0 Å². The van der Waals surface area contributed by atoms with Gasteiger partial charge in [-0.15, -0.1) is 20.2 Å². The van der Waals surface area contributed by atoms with Gasteiger partial charge in [0.2, 0.25) is 0 Å². The van der Waals surface area contributed by atoms with Gasteiger partial charge >= 0.3 is 0 Å². The van der Waals surface area contributed by atoms with E-state index in [4.69, 9.17) is 30.6 Å². The molecular weight excluding hydrogens is 284 g/mol. The van der Waals surface area contributed by atoms with Gasteiger partial charge in [0.05, 0.1) is 0 Å². The second-order valence-electron chi connectivity index (χ2n) is 0.476. The summed E-state index contributed by atoms with van der Waals surface area (Å²) in [6, 6.07) is 0. The van der Waals surface area contributed by atoms with Crippen LogP contribution in [-0.4, -0.2) is 53.4 Å². The summed E-state index contributed by atoms with van der Waals surface area (Å²) >= 11 is 0. The molecule has 15 heteroatoms. The summed E-state index contributed by atoms with van der Waals surface area (Å²) in [6.45, 7) is 0. The van der Waals surface area contributed by atoms with E-state index in [-0.39, 0.29) is 49.9 Å². The van der Waals surface area contributed by atoms with Crippen molar-refractivity contribution in [2.45, 2.75) is 0 Å². The van der Waals surface area contributed by atoms with Gasteiger partial charge in [0.1, 0.15) is 0 Å². The first-order valence-electron chi connectivity index (χ1n) is 1.13. The van der Waals surface area contributed by atoms with Crippen molar-refractivity contribution < 1.29 is 70.5 Å². The molecule has 0 fully saturated rings. The number of nitrogens with zero attached hydrogens (tertiary/aromatic N) is 2. The predicted octanol–water partition coefficient (Wildman–Crippen LogP) is -5.65. The van der Waals surface area contributed by atoms with Gasteiger partial charge in [0, 0.05) is 17.1 Å². The third-order valence-electron chi connectivity index (χ3n) is 0. The maximum Gasteiger partial charge on any atom is 0.291 e. The molecule has 14 N–H and O–H groups in total. The summed E-state index contributed by atoms with van der Waals surface area (Å²) in [5, 5.41) is 27.3. The average Bonchev–Trinajstić information content (AvgIpc) is 1.25. The van der Waals surface area contributed by atoms with Crippen LogP contribution in [0.15, 0.2) is 0 Å². The van der Waals surface area contributed by atoms with E-state index in [2.05, 4.69) is 0 Å². The molecular formula is H14CuN2O12. The maximum atomic E-state index is 8.36. The first-order valence-corrected chi connectivity index (χ1v) is 1.13. The second kappa shape index (κ2) is 79.0. The molecule has 0 aromatic heterocycles. The van der Waals surface area contributed by atoms with Gasteiger partial charge in [-0.3, -0.25) is 0 Å². The smallest absolute Gasteiger partial charge is 0.291 e. The molecule has 15 heavy (non-hydrogen) atoms. The Hall–Kier alpha value is -1.32. The van der Waals surface area contributed by atoms with Gasteiger partial charge < -0.3 is 43.3 Å². The van der Waals surface area contributed by atoms with Gasteiger partial charge in [-0.1, -0.05) is 0 Å². The molecule has 0 atom stereocenters. The standard InChI is InChI=1S/Cu.2HNO3.6H2O/c;2*2-1(3)4;;;;;;/h;2*(H,2,3,4);6*1H2. The zero-order valence-corrected chi connectivity index (χ0v) is 7.67. The zero-order chi connectivity index (χ0) is 7.15. The van der Waals surface area contributed by atoms with Crippen molar-refractivity contribution in [1.82, 2.24) is 0 Å². The van der Waals surface area contributed by atoms with Crippen LogP contribution < -0.4 is 0 Å². The minimum Gasteiger partial charge on any atom is -0.412 e. The van der Waals surface area contributed by atoms with E-state index in [1.807, 2.05) is 0 Å².